The largest absolute Gasteiger partial charge is 0.492 e. The van der Waals surface area contributed by atoms with Crippen molar-refractivity contribution in [3.63, 3.8) is 0 Å². The van der Waals surface area contributed by atoms with Gasteiger partial charge in [0.25, 0.3) is 0 Å². The van der Waals surface area contributed by atoms with Crippen molar-refractivity contribution < 1.29 is 9.53 Å². The topological polar surface area (TPSA) is 42.4 Å². The second-order valence-corrected chi connectivity index (χ2v) is 10.8. The van der Waals surface area contributed by atoms with Crippen LogP contribution in [0, 0.1) is 28.6 Å². The number of ether oxygens (including phenoxy) is 1. The minimum Gasteiger partial charge on any atom is -0.492 e. The number of allylic oxidation sites excluding steroid dienone is 2. The van der Waals surface area contributed by atoms with E-state index in [-0.39, 0.29) is 5.41 Å². The molecule has 0 N–H and O–H groups in total. The lowest BCUT2D eigenvalue weighted by atomic mass is 9.48. The molecule has 0 spiro atoms. The average molecular weight is 423 g/mol. The Morgan fingerprint density at radius 3 is 2.77 bits per heavy atom. The van der Waals surface area contributed by atoms with Crippen molar-refractivity contribution in [1.29, 1.82) is 0 Å². The van der Waals surface area contributed by atoms with Gasteiger partial charge >= 0.3 is 0 Å². The maximum atomic E-state index is 12.6. The summed E-state index contributed by atoms with van der Waals surface area (Å²) in [7, 11) is 0. The molecule has 2 heterocycles. The Kier molecular flexibility index (Phi) is 5.18. The third kappa shape index (κ3) is 3.08. The molecule has 0 bridgehead atoms. The molecule has 168 valence electrons. The van der Waals surface area contributed by atoms with Crippen LogP contribution in [0.25, 0.3) is 5.57 Å². The van der Waals surface area contributed by atoms with Crippen molar-refractivity contribution in [1.82, 2.24) is 9.88 Å². The molecular weight excluding hydrogens is 384 g/mol. The van der Waals surface area contributed by atoms with Gasteiger partial charge in [-0.2, -0.15) is 0 Å². The molecule has 0 radical (unpaired) electrons. The summed E-state index contributed by atoms with van der Waals surface area (Å²) in [6.07, 6.45) is 14.4. The lowest BCUT2D eigenvalue weighted by molar-refractivity contribution is -0.136. The summed E-state index contributed by atoms with van der Waals surface area (Å²) < 4.78 is 5.74. The highest BCUT2D eigenvalue weighted by Crippen LogP contribution is 2.66. The van der Waals surface area contributed by atoms with Gasteiger partial charge in [-0.05, 0) is 91.2 Å². The predicted octanol–water partition coefficient (Wildman–Crippen LogP) is 5.73. The van der Waals surface area contributed by atoms with E-state index in [2.05, 4.69) is 35.9 Å². The Morgan fingerprint density at radius 1 is 1.16 bits per heavy atom. The first-order chi connectivity index (χ1) is 14.9. The smallest absolute Gasteiger partial charge is 0.222 e. The minimum atomic E-state index is 0.231. The Morgan fingerprint density at radius 2 is 2.00 bits per heavy atom. The van der Waals surface area contributed by atoms with E-state index in [1.54, 1.807) is 0 Å². The normalized spacial score (nSPS) is 38.8. The summed E-state index contributed by atoms with van der Waals surface area (Å²) in [6.45, 7) is 10.7. The third-order valence-corrected chi connectivity index (χ3v) is 9.63. The number of likely N-dealkylation sites (tertiary alicyclic amines) is 1. The summed E-state index contributed by atoms with van der Waals surface area (Å²) in [6, 6.07) is 2.65. The zero-order chi connectivity index (χ0) is 21.8. The summed E-state index contributed by atoms with van der Waals surface area (Å²) in [5, 5.41) is 0. The van der Waals surface area contributed by atoms with Crippen LogP contribution < -0.4 is 4.74 Å². The van der Waals surface area contributed by atoms with Crippen molar-refractivity contribution in [2.75, 3.05) is 13.2 Å². The van der Waals surface area contributed by atoms with Gasteiger partial charge in [-0.15, -0.1) is 0 Å². The first-order valence-electron chi connectivity index (χ1n) is 12.5. The number of nitrogens with zero attached hydrogens (tertiary/aromatic N) is 2. The second-order valence-electron chi connectivity index (χ2n) is 10.8. The molecule has 4 heteroatoms. The van der Waals surface area contributed by atoms with Crippen LogP contribution in [0.15, 0.2) is 24.5 Å². The van der Waals surface area contributed by atoms with Crippen molar-refractivity contribution in [2.45, 2.75) is 78.7 Å². The van der Waals surface area contributed by atoms with Crippen LogP contribution in [0.5, 0.6) is 5.75 Å². The van der Waals surface area contributed by atoms with Crippen molar-refractivity contribution >= 4 is 11.5 Å². The van der Waals surface area contributed by atoms with Crippen LogP contribution in [-0.2, 0) is 4.79 Å². The lowest BCUT2D eigenvalue weighted by Crippen LogP contribution is -2.54. The maximum Gasteiger partial charge on any atom is 0.222 e. The molecule has 4 aliphatic rings. The fraction of sp³-hybridized carbons (Fsp3) is 0.704. The number of aromatic nitrogens is 1. The van der Waals surface area contributed by atoms with Gasteiger partial charge in [0.1, 0.15) is 5.75 Å². The van der Waals surface area contributed by atoms with E-state index < -0.39 is 0 Å². The molecule has 1 aliphatic heterocycles. The number of hydrogen-bond acceptors (Lipinski definition) is 3. The molecule has 31 heavy (non-hydrogen) atoms. The number of pyridine rings is 1. The van der Waals surface area contributed by atoms with E-state index in [1.165, 1.54) is 49.7 Å². The van der Waals surface area contributed by atoms with Crippen LogP contribution in [0.3, 0.4) is 0 Å². The van der Waals surface area contributed by atoms with Gasteiger partial charge in [0.05, 0.1) is 12.8 Å². The first-order valence-corrected chi connectivity index (χ1v) is 12.5. The molecule has 3 unspecified atom stereocenters. The highest BCUT2D eigenvalue weighted by molar-refractivity contribution is 5.77. The summed E-state index contributed by atoms with van der Waals surface area (Å²) in [4.78, 5) is 19.3. The van der Waals surface area contributed by atoms with Gasteiger partial charge in [-0.25, -0.2) is 0 Å². The molecule has 2 saturated carbocycles. The Bertz CT molecular complexity index is 895. The first kappa shape index (κ1) is 21.0. The lowest BCUT2D eigenvalue weighted by Gasteiger charge is -2.57. The van der Waals surface area contributed by atoms with Crippen LogP contribution in [0.4, 0.5) is 0 Å². The SMILES string of the molecule is CCOc1cncc(C2=CCC3[C@@H]4CCC5N(C(=O)CC)CC[C@]5(C)C4CC[C@]23C)c1. The Balaban J connectivity index is 1.40. The molecule has 1 aromatic rings. The van der Waals surface area contributed by atoms with Crippen LogP contribution in [0.1, 0.15) is 78.2 Å². The van der Waals surface area contributed by atoms with Crippen molar-refractivity contribution in [2.24, 2.45) is 28.6 Å². The molecule has 5 rings (SSSR count). The molecule has 1 saturated heterocycles. The van der Waals surface area contributed by atoms with Gasteiger partial charge < -0.3 is 9.64 Å². The number of rotatable bonds is 4. The van der Waals surface area contributed by atoms with Crippen LogP contribution in [0.2, 0.25) is 0 Å². The quantitative estimate of drug-likeness (QED) is 0.622. The van der Waals surface area contributed by atoms with Gasteiger partial charge in [0, 0.05) is 25.2 Å². The Hall–Kier alpha value is -1.84. The summed E-state index contributed by atoms with van der Waals surface area (Å²) >= 11 is 0. The summed E-state index contributed by atoms with van der Waals surface area (Å²) in [5.41, 5.74) is 3.27. The maximum absolute atomic E-state index is 12.6. The predicted molar refractivity (Wildman–Crippen MR) is 124 cm³/mol. The molecule has 0 aromatic carbocycles. The van der Waals surface area contributed by atoms with E-state index >= 15 is 0 Å². The highest BCUT2D eigenvalue weighted by atomic mass is 16.5. The van der Waals surface area contributed by atoms with Gasteiger partial charge in [0.15, 0.2) is 0 Å². The summed E-state index contributed by atoms with van der Waals surface area (Å²) in [5.74, 6) is 3.47. The van der Waals surface area contributed by atoms with E-state index in [0.29, 0.717) is 36.3 Å². The van der Waals surface area contributed by atoms with Gasteiger partial charge in [-0.1, -0.05) is 26.8 Å². The van der Waals surface area contributed by atoms with Gasteiger partial charge in [0.2, 0.25) is 5.91 Å². The van der Waals surface area contributed by atoms with E-state index in [1.807, 2.05) is 26.2 Å². The monoisotopic (exact) mass is 422 g/mol. The zero-order valence-corrected chi connectivity index (χ0v) is 19.7. The van der Waals surface area contributed by atoms with E-state index in [4.69, 9.17) is 4.74 Å². The molecule has 3 aliphatic carbocycles. The molecule has 1 amide bonds. The molecule has 6 atom stereocenters. The van der Waals surface area contributed by atoms with E-state index in [0.717, 1.165) is 24.1 Å². The number of hydrogen-bond donors (Lipinski definition) is 0. The number of carbonyl (C=O) groups is 1. The van der Waals surface area contributed by atoms with Gasteiger partial charge in [-0.3, -0.25) is 9.78 Å². The zero-order valence-electron chi connectivity index (χ0n) is 19.7. The molecule has 1 aromatic heterocycles. The van der Waals surface area contributed by atoms with Crippen molar-refractivity contribution in [3.8, 4) is 5.75 Å². The highest BCUT2D eigenvalue weighted by Gasteiger charge is 2.60. The average Bonchev–Trinajstić information content (AvgIpc) is 3.30. The minimum absolute atomic E-state index is 0.231. The Labute approximate surface area is 187 Å². The number of carbonyl (C=O) groups excluding carboxylic acids is 1. The molecular formula is C27H38N2O2. The standard InChI is InChI=1S/C27H38N2O2/c1-5-25(30)29-14-13-27(4)23-11-12-26(3)21(18-15-19(31-6-2)17-28-16-18)8-9-22(26)20(23)7-10-24(27)29/h8,15-17,20,22-24H,5-7,9-14H2,1-4H3/t20-,22?,23?,24?,26+,27+/m0/s1. The van der Waals surface area contributed by atoms with Crippen LogP contribution >= 0.6 is 0 Å². The fourth-order valence-electron chi connectivity index (χ4n) is 8.15. The molecule has 4 nitrogen and oxygen atoms in total. The third-order valence-electron chi connectivity index (χ3n) is 9.63. The van der Waals surface area contributed by atoms with Crippen molar-refractivity contribution in [3.05, 3.63) is 30.1 Å². The van der Waals surface area contributed by atoms with Crippen LogP contribution in [-0.4, -0.2) is 35.0 Å². The number of fused-ring (bicyclic) bond motifs is 5. The number of amides is 1. The second kappa shape index (κ2) is 7.64. The fourth-order valence-corrected chi connectivity index (χ4v) is 8.15. The van der Waals surface area contributed by atoms with E-state index in [9.17, 15) is 4.79 Å². The molecule has 3 fully saturated rings.